The third-order valence-corrected chi connectivity index (χ3v) is 5.30. The van der Waals surface area contributed by atoms with E-state index in [0.29, 0.717) is 17.8 Å². The molecule has 0 radical (unpaired) electrons. The number of hydrogen-bond donors (Lipinski definition) is 3. The average molecular weight is 400 g/mol. The van der Waals surface area contributed by atoms with E-state index in [2.05, 4.69) is 37.0 Å². The Balaban J connectivity index is 1.47. The first-order valence-electron chi connectivity index (χ1n) is 9.97. The van der Waals surface area contributed by atoms with Crippen LogP contribution in [0.5, 0.6) is 0 Å². The Bertz CT molecular complexity index is 942. The van der Waals surface area contributed by atoms with E-state index in [-0.39, 0.29) is 18.7 Å². The summed E-state index contributed by atoms with van der Waals surface area (Å²) < 4.78 is 0. The second-order valence-corrected chi connectivity index (χ2v) is 7.23. The topological polar surface area (TPSA) is 114 Å². The zero-order chi connectivity index (χ0) is 20.8. The SMILES string of the molecule is CCN1CCN(c2ccc(CNC(=O)CCc3c(C)[nH]c(=O)[nH]c3=O)cn2)CC1. The maximum atomic E-state index is 12.1. The molecule has 2 aromatic heterocycles. The van der Waals surface area contributed by atoms with Crippen molar-refractivity contribution in [2.75, 3.05) is 37.6 Å². The highest BCUT2D eigenvalue weighted by Crippen LogP contribution is 2.14. The summed E-state index contributed by atoms with van der Waals surface area (Å²) >= 11 is 0. The van der Waals surface area contributed by atoms with Gasteiger partial charge >= 0.3 is 5.69 Å². The number of rotatable bonds is 7. The molecule has 1 aliphatic rings. The van der Waals surface area contributed by atoms with Crippen LogP contribution in [0.3, 0.4) is 0 Å². The number of pyridine rings is 1. The lowest BCUT2D eigenvalue weighted by molar-refractivity contribution is -0.121. The molecule has 1 fully saturated rings. The van der Waals surface area contributed by atoms with Gasteiger partial charge in [-0.15, -0.1) is 0 Å². The molecule has 3 rings (SSSR count). The minimum atomic E-state index is -0.538. The van der Waals surface area contributed by atoms with E-state index in [4.69, 9.17) is 0 Å². The lowest BCUT2D eigenvalue weighted by Gasteiger charge is -2.34. The van der Waals surface area contributed by atoms with Crippen molar-refractivity contribution in [2.24, 2.45) is 0 Å². The average Bonchev–Trinajstić information content (AvgIpc) is 2.72. The fourth-order valence-corrected chi connectivity index (χ4v) is 3.46. The van der Waals surface area contributed by atoms with E-state index in [1.807, 2.05) is 12.1 Å². The molecule has 0 atom stereocenters. The summed E-state index contributed by atoms with van der Waals surface area (Å²) in [5, 5.41) is 2.85. The summed E-state index contributed by atoms with van der Waals surface area (Å²) in [6, 6.07) is 3.97. The van der Waals surface area contributed by atoms with E-state index >= 15 is 0 Å². The van der Waals surface area contributed by atoms with Crippen LogP contribution in [-0.4, -0.2) is 58.5 Å². The van der Waals surface area contributed by atoms with Crippen LogP contribution in [-0.2, 0) is 17.8 Å². The predicted molar refractivity (Wildman–Crippen MR) is 111 cm³/mol. The number of aryl methyl sites for hydroxylation is 1. The number of hydrogen-bond acceptors (Lipinski definition) is 6. The van der Waals surface area contributed by atoms with Crippen LogP contribution < -0.4 is 21.5 Å². The van der Waals surface area contributed by atoms with Gasteiger partial charge in [0.2, 0.25) is 5.91 Å². The van der Waals surface area contributed by atoms with E-state index in [1.165, 1.54) is 0 Å². The first-order chi connectivity index (χ1) is 14.0. The lowest BCUT2D eigenvalue weighted by atomic mass is 10.1. The van der Waals surface area contributed by atoms with Gasteiger partial charge in [-0.25, -0.2) is 9.78 Å². The number of carbonyl (C=O) groups is 1. The van der Waals surface area contributed by atoms with E-state index < -0.39 is 11.2 Å². The van der Waals surface area contributed by atoms with Gasteiger partial charge in [-0.3, -0.25) is 14.6 Å². The van der Waals surface area contributed by atoms with Gasteiger partial charge in [0.05, 0.1) is 0 Å². The van der Waals surface area contributed by atoms with Gasteiger partial charge in [0, 0.05) is 56.6 Å². The molecule has 3 N–H and O–H groups in total. The summed E-state index contributed by atoms with van der Waals surface area (Å²) in [4.78, 5) is 49.1. The smallest absolute Gasteiger partial charge is 0.325 e. The van der Waals surface area contributed by atoms with Crippen molar-refractivity contribution in [3.05, 3.63) is 56.0 Å². The molecule has 156 valence electrons. The third-order valence-electron chi connectivity index (χ3n) is 5.30. The summed E-state index contributed by atoms with van der Waals surface area (Å²) in [5.74, 6) is 0.804. The summed E-state index contributed by atoms with van der Waals surface area (Å²) in [7, 11) is 0. The van der Waals surface area contributed by atoms with E-state index in [0.717, 1.165) is 44.1 Å². The Labute approximate surface area is 169 Å². The van der Waals surface area contributed by atoms with Crippen LogP contribution in [0.1, 0.15) is 30.2 Å². The molecule has 3 heterocycles. The highest BCUT2D eigenvalue weighted by Gasteiger charge is 2.16. The molecule has 9 nitrogen and oxygen atoms in total. The first kappa shape index (κ1) is 20.8. The lowest BCUT2D eigenvalue weighted by Crippen LogP contribution is -2.46. The van der Waals surface area contributed by atoms with Crippen LogP contribution in [0.25, 0.3) is 0 Å². The van der Waals surface area contributed by atoms with E-state index in [9.17, 15) is 14.4 Å². The van der Waals surface area contributed by atoms with Crippen molar-refractivity contribution in [3.8, 4) is 0 Å². The number of aromatic amines is 2. The molecular formula is C20H28N6O3. The van der Waals surface area contributed by atoms with Crippen molar-refractivity contribution >= 4 is 11.7 Å². The van der Waals surface area contributed by atoms with Crippen LogP contribution in [0.15, 0.2) is 27.9 Å². The normalized spacial score (nSPS) is 14.8. The van der Waals surface area contributed by atoms with Gasteiger partial charge < -0.3 is 20.1 Å². The minimum absolute atomic E-state index is 0.158. The van der Waals surface area contributed by atoms with Gasteiger partial charge in [-0.2, -0.15) is 0 Å². The van der Waals surface area contributed by atoms with Crippen molar-refractivity contribution in [1.29, 1.82) is 0 Å². The monoisotopic (exact) mass is 400 g/mol. The molecule has 0 aliphatic carbocycles. The van der Waals surface area contributed by atoms with E-state index in [1.54, 1.807) is 13.1 Å². The Morgan fingerprint density at radius 2 is 1.93 bits per heavy atom. The molecule has 1 amide bonds. The molecule has 9 heteroatoms. The quantitative estimate of drug-likeness (QED) is 0.610. The number of likely N-dealkylation sites (N-methyl/N-ethyl adjacent to an activating group) is 1. The van der Waals surface area contributed by atoms with Crippen LogP contribution >= 0.6 is 0 Å². The summed E-state index contributed by atoms with van der Waals surface area (Å²) in [6.45, 7) is 9.34. The second-order valence-electron chi connectivity index (χ2n) is 7.23. The summed E-state index contributed by atoms with van der Waals surface area (Å²) in [5.41, 5.74) is 0.856. The molecule has 1 saturated heterocycles. The number of nitrogens with zero attached hydrogens (tertiary/aromatic N) is 3. The molecule has 29 heavy (non-hydrogen) atoms. The standard InChI is InChI=1S/C20H28N6O3/c1-3-25-8-10-26(11-9-25)17-6-4-15(12-21-17)13-22-18(27)7-5-16-14(2)23-20(29)24-19(16)28/h4,6,12H,3,5,7-11,13H2,1-2H3,(H,22,27)(H2,23,24,28,29). The molecule has 1 aliphatic heterocycles. The van der Waals surface area contributed by atoms with Crippen LogP contribution in [0.2, 0.25) is 0 Å². The van der Waals surface area contributed by atoms with Crippen LogP contribution in [0.4, 0.5) is 5.82 Å². The van der Waals surface area contributed by atoms with Gasteiger partial charge in [-0.05, 0) is 31.5 Å². The molecule has 0 spiro atoms. The largest absolute Gasteiger partial charge is 0.354 e. The number of nitrogens with one attached hydrogen (secondary N) is 3. The predicted octanol–water partition coefficient (Wildman–Crippen LogP) is 0.158. The number of piperazine rings is 1. The van der Waals surface area contributed by atoms with Gasteiger partial charge in [0.1, 0.15) is 5.82 Å². The Morgan fingerprint density at radius 1 is 1.17 bits per heavy atom. The molecule has 0 bridgehead atoms. The zero-order valence-electron chi connectivity index (χ0n) is 17.0. The maximum absolute atomic E-state index is 12.1. The number of amides is 1. The minimum Gasteiger partial charge on any atom is -0.354 e. The second kappa shape index (κ2) is 9.51. The molecule has 0 aromatic carbocycles. The molecule has 2 aromatic rings. The Hall–Kier alpha value is -2.94. The number of carbonyl (C=O) groups excluding carboxylic acids is 1. The fraction of sp³-hybridized carbons (Fsp3) is 0.500. The van der Waals surface area contributed by atoms with Gasteiger partial charge in [0.15, 0.2) is 0 Å². The Kier molecular flexibility index (Phi) is 6.82. The summed E-state index contributed by atoms with van der Waals surface area (Å²) in [6.07, 6.45) is 2.23. The third kappa shape index (κ3) is 5.54. The van der Waals surface area contributed by atoms with Crippen molar-refractivity contribution < 1.29 is 4.79 Å². The van der Waals surface area contributed by atoms with Crippen LogP contribution in [0, 0.1) is 6.92 Å². The highest BCUT2D eigenvalue weighted by atomic mass is 16.2. The zero-order valence-corrected chi connectivity index (χ0v) is 17.0. The van der Waals surface area contributed by atoms with Crippen molar-refractivity contribution in [1.82, 2.24) is 25.2 Å². The molecule has 0 unspecified atom stereocenters. The van der Waals surface area contributed by atoms with Gasteiger partial charge in [-0.1, -0.05) is 13.0 Å². The fourth-order valence-electron chi connectivity index (χ4n) is 3.46. The molecular weight excluding hydrogens is 372 g/mol. The van der Waals surface area contributed by atoms with Crippen molar-refractivity contribution in [3.63, 3.8) is 0 Å². The first-order valence-corrected chi connectivity index (χ1v) is 9.97. The number of anilines is 1. The number of H-pyrrole nitrogens is 2. The van der Waals surface area contributed by atoms with Crippen molar-refractivity contribution in [2.45, 2.75) is 33.2 Å². The highest BCUT2D eigenvalue weighted by molar-refractivity contribution is 5.76. The number of aromatic nitrogens is 3. The molecule has 0 saturated carbocycles. The maximum Gasteiger partial charge on any atom is 0.325 e. The van der Waals surface area contributed by atoms with Gasteiger partial charge in [0.25, 0.3) is 5.56 Å². The Morgan fingerprint density at radius 3 is 2.55 bits per heavy atom.